The highest BCUT2D eigenvalue weighted by Crippen LogP contribution is 2.25. The van der Waals surface area contributed by atoms with Crippen LogP contribution in [0.1, 0.15) is 13.8 Å². The molecule has 0 amide bonds. The molecule has 86 valence electrons. The molecule has 1 aliphatic heterocycles. The van der Waals surface area contributed by atoms with Crippen molar-refractivity contribution in [3.63, 3.8) is 0 Å². The maximum atomic E-state index is 10.8. The molecule has 0 radical (unpaired) electrons. The van der Waals surface area contributed by atoms with Gasteiger partial charge in [-0.15, -0.1) is 0 Å². The van der Waals surface area contributed by atoms with Crippen LogP contribution in [-0.4, -0.2) is 17.6 Å². The molecule has 2 rings (SSSR count). The number of hydrogen-bond acceptors (Lipinski definition) is 4. The normalized spacial score (nSPS) is 27.9. The van der Waals surface area contributed by atoms with Crippen LogP contribution in [0.25, 0.3) is 0 Å². The first-order chi connectivity index (χ1) is 7.59. The highest BCUT2D eigenvalue weighted by molar-refractivity contribution is 5.46. The SMILES string of the molecule is CC(C)[C@H]1CO/C(=C2\C=CC=C2[N+](=O)[O-])N1. The zero-order chi connectivity index (χ0) is 11.7. The lowest BCUT2D eigenvalue weighted by molar-refractivity contribution is -0.420. The van der Waals surface area contributed by atoms with Gasteiger partial charge < -0.3 is 10.1 Å². The van der Waals surface area contributed by atoms with Crippen molar-refractivity contribution in [2.24, 2.45) is 5.92 Å². The number of hydrogen-bond donors (Lipinski definition) is 1. The predicted octanol–water partition coefficient (Wildman–Crippen LogP) is 1.57. The average Bonchev–Trinajstić information content (AvgIpc) is 2.86. The third-order valence-electron chi connectivity index (χ3n) is 2.76. The molecule has 1 saturated heterocycles. The van der Waals surface area contributed by atoms with Crippen molar-refractivity contribution >= 4 is 0 Å². The van der Waals surface area contributed by atoms with Gasteiger partial charge in [-0.2, -0.15) is 0 Å². The van der Waals surface area contributed by atoms with Crippen molar-refractivity contribution in [1.29, 1.82) is 0 Å². The Kier molecular flexibility index (Phi) is 2.68. The molecule has 5 nitrogen and oxygen atoms in total. The standard InChI is InChI=1S/C11H14N2O3/c1-7(2)9-6-16-11(12-9)8-4-3-5-10(8)13(14)15/h3-5,7,9,12H,6H2,1-2H3/b11-8+/t9-/m1/s1. The van der Waals surface area contributed by atoms with Crippen LogP contribution in [0.4, 0.5) is 0 Å². The molecule has 0 aromatic heterocycles. The monoisotopic (exact) mass is 222 g/mol. The molecule has 0 saturated carbocycles. The van der Waals surface area contributed by atoms with E-state index < -0.39 is 4.92 Å². The van der Waals surface area contributed by atoms with Crippen LogP contribution in [0, 0.1) is 16.0 Å². The maximum Gasteiger partial charge on any atom is 0.281 e. The second-order valence-corrected chi connectivity index (χ2v) is 4.22. The predicted molar refractivity (Wildman–Crippen MR) is 59.0 cm³/mol. The Hall–Kier alpha value is -1.78. The molecule has 2 aliphatic rings. The molecule has 1 aliphatic carbocycles. The van der Waals surface area contributed by atoms with Gasteiger partial charge in [0.1, 0.15) is 12.2 Å². The van der Waals surface area contributed by atoms with Gasteiger partial charge in [0.2, 0.25) is 5.88 Å². The summed E-state index contributed by atoms with van der Waals surface area (Å²) >= 11 is 0. The zero-order valence-corrected chi connectivity index (χ0v) is 9.27. The Bertz CT molecular complexity index is 407. The zero-order valence-electron chi connectivity index (χ0n) is 9.27. The Balaban J connectivity index is 2.22. The second kappa shape index (κ2) is 4.00. The van der Waals surface area contributed by atoms with Crippen LogP contribution < -0.4 is 5.32 Å². The Labute approximate surface area is 93.6 Å². The number of nitrogens with zero attached hydrogens (tertiary/aromatic N) is 1. The van der Waals surface area contributed by atoms with Gasteiger partial charge in [-0.3, -0.25) is 10.1 Å². The quantitative estimate of drug-likeness (QED) is 0.569. The summed E-state index contributed by atoms with van der Waals surface area (Å²) in [6.07, 6.45) is 4.84. The Morgan fingerprint density at radius 1 is 1.62 bits per heavy atom. The van der Waals surface area contributed by atoms with Crippen LogP contribution >= 0.6 is 0 Å². The fourth-order valence-corrected chi connectivity index (χ4v) is 1.70. The van der Waals surface area contributed by atoms with Gasteiger partial charge in [0, 0.05) is 6.08 Å². The lowest BCUT2D eigenvalue weighted by Crippen LogP contribution is -2.28. The molecule has 1 heterocycles. The van der Waals surface area contributed by atoms with Gasteiger partial charge in [0.15, 0.2) is 0 Å². The van der Waals surface area contributed by atoms with Crippen LogP contribution in [0.3, 0.4) is 0 Å². The summed E-state index contributed by atoms with van der Waals surface area (Å²) in [5.41, 5.74) is 0.625. The van der Waals surface area contributed by atoms with Crippen LogP contribution in [0.2, 0.25) is 0 Å². The lowest BCUT2D eigenvalue weighted by atomic mass is 10.1. The minimum absolute atomic E-state index is 0.0897. The van der Waals surface area contributed by atoms with Crippen molar-refractivity contribution in [3.8, 4) is 0 Å². The average molecular weight is 222 g/mol. The van der Waals surface area contributed by atoms with E-state index >= 15 is 0 Å². The molecule has 1 fully saturated rings. The smallest absolute Gasteiger partial charge is 0.281 e. The fourth-order valence-electron chi connectivity index (χ4n) is 1.70. The lowest BCUT2D eigenvalue weighted by Gasteiger charge is -2.11. The Morgan fingerprint density at radius 2 is 2.38 bits per heavy atom. The van der Waals surface area contributed by atoms with E-state index in [0.717, 1.165) is 0 Å². The van der Waals surface area contributed by atoms with Crippen LogP contribution in [0.5, 0.6) is 0 Å². The summed E-state index contributed by atoms with van der Waals surface area (Å²) in [4.78, 5) is 10.4. The van der Waals surface area contributed by atoms with Crippen molar-refractivity contribution in [2.75, 3.05) is 6.61 Å². The first-order valence-corrected chi connectivity index (χ1v) is 5.26. The van der Waals surface area contributed by atoms with E-state index in [1.165, 1.54) is 6.08 Å². The summed E-state index contributed by atoms with van der Waals surface area (Å²) in [6.45, 7) is 4.74. The molecule has 1 atom stereocenters. The first-order valence-electron chi connectivity index (χ1n) is 5.26. The van der Waals surface area contributed by atoms with E-state index in [2.05, 4.69) is 19.2 Å². The van der Waals surface area contributed by atoms with Gasteiger partial charge in [-0.25, -0.2) is 0 Å². The van der Waals surface area contributed by atoms with Crippen molar-refractivity contribution in [2.45, 2.75) is 19.9 Å². The van der Waals surface area contributed by atoms with Crippen molar-refractivity contribution < 1.29 is 9.66 Å². The number of rotatable bonds is 2. The molecule has 0 spiro atoms. The molecular weight excluding hydrogens is 208 g/mol. The summed E-state index contributed by atoms with van der Waals surface area (Å²) in [5, 5.41) is 13.9. The minimum atomic E-state index is -0.393. The highest BCUT2D eigenvalue weighted by Gasteiger charge is 2.30. The van der Waals surface area contributed by atoms with E-state index in [-0.39, 0.29) is 11.7 Å². The first kappa shape index (κ1) is 10.7. The van der Waals surface area contributed by atoms with Crippen molar-refractivity contribution in [1.82, 2.24) is 5.32 Å². The second-order valence-electron chi connectivity index (χ2n) is 4.22. The molecule has 5 heteroatoms. The van der Waals surface area contributed by atoms with Gasteiger partial charge in [0.05, 0.1) is 11.0 Å². The van der Waals surface area contributed by atoms with E-state index in [9.17, 15) is 10.1 Å². The molecular formula is C11H14N2O3. The maximum absolute atomic E-state index is 10.8. The van der Waals surface area contributed by atoms with E-state index in [0.29, 0.717) is 24.0 Å². The number of ether oxygens (including phenoxy) is 1. The molecule has 1 N–H and O–H groups in total. The molecule has 0 aromatic rings. The Morgan fingerprint density at radius 3 is 2.94 bits per heavy atom. The largest absolute Gasteiger partial charge is 0.476 e. The number of nitro groups is 1. The third kappa shape index (κ3) is 1.80. The summed E-state index contributed by atoms with van der Waals surface area (Å²) in [7, 11) is 0. The van der Waals surface area contributed by atoms with E-state index in [4.69, 9.17) is 4.74 Å². The molecule has 16 heavy (non-hydrogen) atoms. The van der Waals surface area contributed by atoms with Gasteiger partial charge >= 0.3 is 0 Å². The summed E-state index contributed by atoms with van der Waals surface area (Å²) in [5.74, 6) is 0.960. The van der Waals surface area contributed by atoms with Gasteiger partial charge in [0.25, 0.3) is 5.70 Å². The molecule has 0 bridgehead atoms. The molecule has 0 unspecified atom stereocenters. The number of nitrogens with one attached hydrogen (secondary N) is 1. The van der Waals surface area contributed by atoms with Gasteiger partial charge in [-0.05, 0) is 12.0 Å². The van der Waals surface area contributed by atoms with E-state index in [1.807, 2.05) is 0 Å². The van der Waals surface area contributed by atoms with Gasteiger partial charge in [-0.1, -0.05) is 19.9 Å². The topological polar surface area (TPSA) is 64.4 Å². The third-order valence-corrected chi connectivity index (χ3v) is 2.76. The van der Waals surface area contributed by atoms with Crippen molar-refractivity contribution in [3.05, 3.63) is 45.5 Å². The summed E-state index contributed by atoms with van der Waals surface area (Å²) < 4.78 is 5.46. The highest BCUT2D eigenvalue weighted by atomic mass is 16.6. The molecule has 0 aromatic carbocycles. The minimum Gasteiger partial charge on any atom is -0.476 e. The van der Waals surface area contributed by atoms with Crippen LogP contribution in [0.15, 0.2) is 35.4 Å². The fraction of sp³-hybridized carbons (Fsp3) is 0.455. The van der Waals surface area contributed by atoms with Crippen LogP contribution in [-0.2, 0) is 4.74 Å². The van der Waals surface area contributed by atoms with E-state index in [1.54, 1.807) is 12.2 Å². The summed E-state index contributed by atoms with van der Waals surface area (Å²) in [6, 6.07) is 0.226. The number of allylic oxidation sites excluding steroid dienone is 3.